The molecule has 0 amide bonds. The highest BCUT2D eigenvalue weighted by atomic mass is 16.5. The average Bonchev–Trinajstić information content (AvgIpc) is 2.30. The van der Waals surface area contributed by atoms with Gasteiger partial charge in [0.05, 0.1) is 10.8 Å². The largest absolute Gasteiger partial charge is 0.457 e. The van der Waals surface area contributed by atoms with Crippen molar-refractivity contribution >= 4 is 11.8 Å². The van der Waals surface area contributed by atoms with Crippen LogP contribution in [0.3, 0.4) is 0 Å². The second-order valence-corrected chi connectivity index (χ2v) is 5.52. The molecule has 1 rings (SSSR count). The molecule has 15 heavy (non-hydrogen) atoms. The van der Waals surface area contributed by atoms with E-state index < -0.39 is 16.9 Å². The quantitative estimate of drug-likeness (QED) is 0.622. The van der Waals surface area contributed by atoms with Crippen molar-refractivity contribution < 1.29 is 14.3 Å². The molecule has 0 aromatic heterocycles. The number of hydrogen-bond donors (Lipinski definition) is 0. The van der Waals surface area contributed by atoms with Gasteiger partial charge in [-0.15, -0.1) is 0 Å². The molecule has 0 aromatic carbocycles. The van der Waals surface area contributed by atoms with Gasteiger partial charge >= 0.3 is 5.97 Å². The van der Waals surface area contributed by atoms with E-state index in [2.05, 4.69) is 0 Å². The van der Waals surface area contributed by atoms with Crippen molar-refractivity contribution in [3.8, 4) is 0 Å². The summed E-state index contributed by atoms with van der Waals surface area (Å²) in [5.74, 6) is -0.269. The third-order valence-corrected chi connectivity index (χ3v) is 2.62. The molecule has 0 spiro atoms. The lowest BCUT2D eigenvalue weighted by atomic mass is 9.87. The van der Waals surface area contributed by atoms with Gasteiger partial charge in [-0.3, -0.25) is 9.59 Å². The number of ether oxygens (including phenoxy) is 1. The zero-order valence-corrected chi connectivity index (χ0v) is 9.96. The summed E-state index contributed by atoms with van der Waals surface area (Å²) in [6, 6.07) is 0. The molecule has 1 aliphatic rings. The van der Waals surface area contributed by atoms with Crippen LogP contribution in [0.1, 0.15) is 34.6 Å². The highest BCUT2D eigenvalue weighted by molar-refractivity contribution is 5.98. The summed E-state index contributed by atoms with van der Waals surface area (Å²) < 4.78 is 5.31. The number of rotatable bonds is 1. The normalized spacial score (nSPS) is 24.3. The number of esters is 1. The molecule has 0 N–H and O–H groups in total. The Kier molecular flexibility index (Phi) is 2.77. The van der Waals surface area contributed by atoms with Gasteiger partial charge in [0.2, 0.25) is 0 Å². The Labute approximate surface area is 90.5 Å². The first-order valence-corrected chi connectivity index (χ1v) is 5.09. The van der Waals surface area contributed by atoms with Gasteiger partial charge in [-0.05, 0) is 46.8 Å². The molecule has 3 nitrogen and oxygen atoms in total. The molecule has 1 atom stereocenters. The van der Waals surface area contributed by atoms with Gasteiger partial charge in [0.15, 0.2) is 5.78 Å². The smallest absolute Gasteiger partial charge is 0.311 e. The number of carbonyl (C=O) groups is 2. The third-order valence-electron chi connectivity index (χ3n) is 2.62. The van der Waals surface area contributed by atoms with E-state index in [0.717, 1.165) is 0 Å². The SMILES string of the molecule is CC(C)(C)C(=O)O[C@@H]1C=CC(=O)C1(C)C. The van der Waals surface area contributed by atoms with Crippen LogP contribution in [-0.4, -0.2) is 17.9 Å². The standard InChI is InChI=1S/C12H18O3/c1-11(2,3)10(14)15-9-7-6-8(13)12(9,4)5/h6-7,9H,1-5H3/t9-/m1/s1. The molecule has 0 saturated carbocycles. The second-order valence-electron chi connectivity index (χ2n) is 5.52. The fraction of sp³-hybridized carbons (Fsp3) is 0.667. The maximum atomic E-state index is 11.6. The van der Waals surface area contributed by atoms with Gasteiger partial charge in [0.25, 0.3) is 0 Å². The minimum absolute atomic E-state index is 0.00853. The molecule has 0 saturated heterocycles. The van der Waals surface area contributed by atoms with E-state index >= 15 is 0 Å². The Morgan fingerprint density at radius 1 is 1.40 bits per heavy atom. The van der Waals surface area contributed by atoms with Gasteiger partial charge in [-0.1, -0.05) is 0 Å². The van der Waals surface area contributed by atoms with Crippen molar-refractivity contribution in [1.82, 2.24) is 0 Å². The molecule has 0 unspecified atom stereocenters. The summed E-state index contributed by atoms with van der Waals surface area (Å²) in [5.41, 5.74) is -1.16. The van der Waals surface area contributed by atoms with E-state index in [0.29, 0.717) is 0 Å². The van der Waals surface area contributed by atoms with E-state index in [-0.39, 0.29) is 11.8 Å². The number of allylic oxidation sites excluding steroid dienone is 1. The van der Waals surface area contributed by atoms with E-state index in [1.807, 2.05) is 0 Å². The first-order valence-electron chi connectivity index (χ1n) is 5.09. The van der Waals surface area contributed by atoms with Gasteiger partial charge in [0, 0.05) is 0 Å². The molecular weight excluding hydrogens is 192 g/mol. The van der Waals surface area contributed by atoms with Crippen LogP contribution in [0.4, 0.5) is 0 Å². The van der Waals surface area contributed by atoms with Crippen LogP contribution >= 0.6 is 0 Å². The van der Waals surface area contributed by atoms with Gasteiger partial charge in [-0.2, -0.15) is 0 Å². The lowest BCUT2D eigenvalue weighted by Crippen LogP contribution is -2.37. The van der Waals surface area contributed by atoms with E-state index in [9.17, 15) is 9.59 Å². The molecule has 0 heterocycles. The maximum Gasteiger partial charge on any atom is 0.311 e. The van der Waals surface area contributed by atoms with Crippen molar-refractivity contribution in [1.29, 1.82) is 0 Å². The van der Waals surface area contributed by atoms with Gasteiger partial charge in [0.1, 0.15) is 6.10 Å². The Bertz CT molecular complexity index is 318. The molecule has 0 bridgehead atoms. The monoisotopic (exact) mass is 210 g/mol. The van der Waals surface area contributed by atoms with E-state index in [1.54, 1.807) is 40.7 Å². The maximum absolute atomic E-state index is 11.6. The fourth-order valence-corrected chi connectivity index (χ4v) is 1.25. The minimum Gasteiger partial charge on any atom is -0.457 e. The minimum atomic E-state index is -0.624. The summed E-state index contributed by atoms with van der Waals surface area (Å²) >= 11 is 0. The average molecular weight is 210 g/mol. The predicted molar refractivity (Wildman–Crippen MR) is 57.3 cm³/mol. The van der Waals surface area contributed by atoms with Crippen LogP contribution in [0.5, 0.6) is 0 Å². The topological polar surface area (TPSA) is 43.4 Å². The predicted octanol–water partition coefficient (Wildman–Crippen LogP) is 2.11. The van der Waals surface area contributed by atoms with Crippen LogP contribution < -0.4 is 0 Å². The molecular formula is C12H18O3. The molecule has 0 radical (unpaired) electrons. The van der Waals surface area contributed by atoms with Crippen molar-refractivity contribution in [2.24, 2.45) is 10.8 Å². The zero-order valence-electron chi connectivity index (χ0n) is 9.96. The third kappa shape index (κ3) is 2.28. The zero-order chi connectivity index (χ0) is 11.9. The van der Waals surface area contributed by atoms with Crippen LogP contribution in [0.15, 0.2) is 12.2 Å². The van der Waals surface area contributed by atoms with E-state index in [1.165, 1.54) is 6.08 Å². The molecule has 0 aromatic rings. The number of hydrogen-bond acceptors (Lipinski definition) is 3. The molecule has 84 valence electrons. The first-order chi connectivity index (χ1) is 6.65. The van der Waals surface area contributed by atoms with Crippen molar-refractivity contribution in [3.63, 3.8) is 0 Å². The van der Waals surface area contributed by atoms with Gasteiger partial charge in [-0.25, -0.2) is 0 Å². The molecule has 3 heteroatoms. The number of carbonyl (C=O) groups excluding carboxylic acids is 2. The second kappa shape index (κ2) is 3.47. The van der Waals surface area contributed by atoms with Crippen LogP contribution in [-0.2, 0) is 14.3 Å². The highest BCUT2D eigenvalue weighted by Gasteiger charge is 2.42. The summed E-state index contributed by atoms with van der Waals surface area (Å²) in [7, 11) is 0. The Hall–Kier alpha value is -1.12. The molecule has 0 aliphatic heterocycles. The lowest BCUT2D eigenvalue weighted by molar-refractivity contribution is -0.161. The van der Waals surface area contributed by atoms with Crippen LogP contribution in [0.25, 0.3) is 0 Å². The summed E-state index contributed by atoms with van der Waals surface area (Å²) in [6.07, 6.45) is 2.71. The van der Waals surface area contributed by atoms with Gasteiger partial charge < -0.3 is 4.74 Å². The van der Waals surface area contributed by atoms with Crippen molar-refractivity contribution in [3.05, 3.63) is 12.2 Å². The fourth-order valence-electron chi connectivity index (χ4n) is 1.25. The lowest BCUT2D eigenvalue weighted by Gasteiger charge is -2.28. The number of ketones is 1. The summed E-state index contributed by atoms with van der Waals surface area (Å²) in [4.78, 5) is 23.1. The van der Waals surface area contributed by atoms with Crippen LogP contribution in [0, 0.1) is 10.8 Å². The Morgan fingerprint density at radius 2 is 1.93 bits per heavy atom. The Balaban J connectivity index is 2.74. The Morgan fingerprint density at radius 3 is 2.27 bits per heavy atom. The summed E-state index contributed by atoms with van der Waals surface area (Å²) in [5, 5.41) is 0. The van der Waals surface area contributed by atoms with Crippen molar-refractivity contribution in [2.45, 2.75) is 40.7 Å². The highest BCUT2D eigenvalue weighted by Crippen LogP contribution is 2.33. The summed E-state index contributed by atoms with van der Waals surface area (Å²) in [6.45, 7) is 8.96. The molecule has 0 fully saturated rings. The van der Waals surface area contributed by atoms with Crippen LogP contribution in [0.2, 0.25) is 0 Å². The van der Waals surface area contributed by atoms with Crippen molar-refractivity contribution in [2.75, 3.05) is 0 Å². The first kappa shape index (κ1) is 12.0. The molecule has 1 aliphatic carbocycles. The van der Waals surface area contributed by atoms with E-state index in [4.69, 9.17) is 4.74 Å².